The van der Waals surface area contributed by atoms with Gasteiger partial charge in [0.15, 0.2) is 0 Å². The molecule has 112 valence electrons. The van der Waals surface area contributed by atoms with E-state index in [1.54, 1.807) is 0 Å². The second kappa shape index (κ2) is 5.86. The van der Waals surface area contributed by atoms with E-state index >= 15 is 0 Å². The van der Waals surface area contributed by atoms with Crippen LogP contribution in [-0.2, 0) is 17.6 Å². The molecule has 0 bridgehead atoms. The van der Waals surface area contributed by atoms with Crippen molar-refractivity contribution in [2.75, 3.05) is 0 Å². The average Bonchev–Trinajstić information content (AvgIpc) is 2.37. The van der Waals surface area contributed by atoms with Gasteiger partial charge in [-0.25, -0.2) is 0 Å². The molecule has 1 atom stereocenters. The SMILES string of the molecule is CC(C)(C)C(O)Cc1cccc2cccc(CC(=O)O)c12. The van der Waals surface area contributed by atoms with Crippen LogP contribution in [0.2, 0.25) is 0 Å². The first kappa shape index (κ1) is 15.5. The number of aliphatic hydroxyl groups excluding tert-OH is 1. The average molecular weight is 286 g/mol. The fourth-order valence-electron chi connectivity index (χ4n) is 2.50. The van der Waals surface area contributed by atoms with Crippen LogP contribution in [0, 0.1) is 5.41 Å². The fourth-order valence-corrected chi connectivity index (χ4v) is 2.50. The van der Waals surface area contributed by atoms with Crippen LogP contribution in [-0.4, -0.2) is 22.3 Å². The van der Waals surface area contributed by atoms with E-state index in [2.05, 4.69) is 0 Å². The zero-order chi connectivity index (χ0) is 15.6. The molecule has 0 aromatic heterocycles. The van der Waals surface area contributed by atoms with Gasteiger partial charge in [-0.3, -0.25) is 4.79 Å². The molecule has 0 radical (unpaired) electrons. The third-order valence-corrected chi connectivity index (χ3v) is 3.83. The maximum atomic E-state index is 11.1. The Labute approximate surface area is 125 Å². The molecule has 0 amide bonds. The summed E-state index contributed by atoms with van der Waals surface area (Å²) >= 11 is 0. The van der Waals surface area contributed by atoms with Crippen LogP contribution in [0.4, 0.5) is 0 Å². The number of fused-ring (bicyclic) bond motifs is 1. The standard InChI is InChI=1S/C18H22O3/c1-18(2,3)15(19)10-13-8-4-6-12-7-5-9-14(17(12)13)11-16(20)21/h4-9,15,19H,10-11H2,1-3H3,(H,20,21). The first-order valence-corrected chi connectivity index (χ1v) is 7.18. The van der Waals surface area contributed by atoms with Gasteiger partial charge in [0.1, 0.15) is 0 Å². The summed E-state index contributed by atoms with van der Waals surface area (Å²) in [6.45, 7) is 6.00. The number of carboxylic acids is 1. The summed E-state index contributed by atoms with van der Waals surface area (Å²) in [7, 11) is 0. The number of hydrogen-bond donors (Lipinski definition) is 2. The largest absolute Gasteiger partial charge is 0.481 e. The lowest BCUT2D eigenvalue weighted by Gasteiger charge is -2.26. The highest BCUT2D eigenvalue weighted by Gasteiger charge is 2.23. The molecule has 0 aliphatic carbocycles. The molecule has 2 N–H and O–H groups in total. The van der Waals surface area contributed by atoms with Crippen molar-refractivity contribution in [3.05, 3.63) is 47.5 Å². The molecule has 0 fully saturated rings. The van der Waals surface area contributed by atoms with E-state index in [-0.39, 0.29) is 11.8 Å². The van der Waals surface area contributed by atoms with Crippen LogP contribution in [0.25, 0.3) is 10.8 Å². The second-order valence-corrected chi connectivity index (χ2v) is 6.59. The minimum atomic E-state index is -0.839. The van der Waals surface area contributed by atoms with Gasteiger partial charge in [-0.05, 0) is 33.7 Å². The Kier molecular flexibility index (Phi) is 4.33. The summed E-state index contributed by atoms with van der Waals surface area (Å²) < 4.78 is 0. The molecule has 2 rings (SSSR count). The highest BCUT2D eigenvalue weighted by Crippen LogP contribution is 2.28. The summed E-state index contributed by atoms with van der Waals surface area (Å²) in [4.78, 5) is 11.1. The summed E-state index contributed by atoms with van der Waals surface area (Å²) in [6.07, 6.45) is 0.0539. The predicted octanol–water partition coefficient (Wildman–Crippen LogP) is 3.42. The fraction of sp³-hybridized carbons (Fsp3) is 0.389. The highest BCUT2D eigenvalue weighted by molar-refractivity contribution is 5.91. The van der Waals surface area contributed by atoms with Gasteiger partial charge in [-0.15, -0.1) is 0 Å². The van der Waals surface area contributed by atoms with E-state index in [9.17, 15) is 9.90 Å². The number of aliphatic hydroxyl groups is 1. The number of aliphatic carboxylic acids is 1. The maximum Gasteiger partial charge on any atom is 0.307 e. The number of carboxylic acid groups (broad SMARTS) is 1. The Balaban J connectivity index is 2.50. The summed E-state index contributed by atoms with van der Waals surface area (Å²) in [5, 5.41) is 21.4. The second-order valence-electron chi connectivity index (χ2n) is 6.59. The van der Waals surface area contributed by atoms with Gasteiger partial charge in [0.05, 0.1) is 12.5 Å². The van der Waals surface area contributed by atoms with Gasteiger partial charge in [0.25, 0.3) is 0 Å². The van der Waals surface area contributed by atoms with E-state index in [0.29, 0.717) is 6.42 Å². The highest BCUT2D eigenvalue weighted by atomic mass is 16.4. The van der Waals surface area contributed by atoms with Crippen LogP contribution in [0.15, 0.2) is 36.4 Å². The van der Waals surface area contributed by atoms with E-state index in [4.69, 9.17) is 5.11 Å². The molecule has 0 spiro atoms. The summed E-state index contributed by atoms with van der Waals surface area (Å²) in [5.41, 5.74) is 1.60. The molecule has 0 aliphatic rings. The Bertz CT molecular complexity index is 648. The Morgan fingerprint density at radius 2 is 1.67 bits per heavy atom. The van der Waals surface area contributed by atoms with Crippen LogP contribution in [0.1, 0.15) is 31.9 Å². The topological polar surface area (TPSA) is 57.5 Å². The van der Waals surface area contributed by atoms with Crippen molar-refractivity contribution in [3.8, 4) is 0 Å². The van der Waals surface area contributed by atoms with Crippen molar-refractivity contribution < 1.29 is 15.0 Å². The molecule has 2 aromatic rings. The number of benzene rings is 2. The summed E-state index contributed by atoms with van der Waals surface area (Å²) in [5.74, 6) is -0.839. The van der Waals surface area contributed by atoms with Crippen LogP contribution < -0.4 is 0 Å². The zero-order valence-electron chi connectivity index (χ0n) is 12.8. The molecule has 3 heteroatoms. The molecule has 2 aromatic carbocycles. The number of hydrogen-bond acceptors (Lipinski definition) is 2. The Morgan fingerprint density at radius 1 is 1.10 bits per heavy atom. The van der Waals surface area contributed by atoms with Crippen LogP contribution in [0.3, 0.4) is 0 Å². The van der Waals surface area contributed by atoms with Crippen molar-refractivity contribution in [1.29, 1.82) is 0 Å². The molecule has 0 aliphatic heterocycles. The van der Waals surface area contributed by atoms with Gasteiger partial charge in [0, 0.05) is 0 Å². The Hall–Kier alpha value is -1.87. The molecule has 1 unspecified atom stereocenters. The molecular weight excluding hydrogens is 264 g/mol. The smallest absolute Gasteiger partial charge is 0.307 e. The van der Waals surface area contributed by atoms with E-state index < -0.39 is 12.1 Å². The first-order chi connectivity index (χ1) is 9.79. The van der Waals surface area contributed by atoms with E-state index in [1.165, 1.54) is 0 Å². The van der Waals surface area contributed by atoms with Crippen molar-refractivity contribution >= 4 is 16.7 Å². The van der Waals surface area contributed by atoms with Gasteiger partial charge >= 0.3 is 5.97 Å². The number of rotatable bonds is 4. The first-order valence-electron chi connectivity index (χ1n) is 7.18. The lowest BCUT2D eigenvalue weighted by molar-refractivity contribution is -0.136. The minimum Gasteiger partial charge on any atom is -0.481 e. The quantitative estimate of drug-likeness (QED) is 0.905. The molecule has 0 heterocycles. The van der Waals surface area contributed by atoms with E-state index in [0.717, 1.165) is 21.9 Å². The van der Waals surface area contributed by atoms with Crippen molar-refractivity contribution in [2.45, 2.75) is 39.7 Å². The van der Waals surface area contributed by atoms with Crippen molar-refractivity contribution in [3.63, 3.8) is 0 Å². The minimum absolute atomic E-state index is 0.0000333. The van der Waals surface area contributed by atoms with Crippen LogP contribution in [0.5, 0.6) is 0 Å². The Morgan fingerprint density at radius 3 is 2.19 bits per heavy atom. The van der Waals surface area contributed by atoms with Crippen molar-refractivity contribution in [1.82, 2.24) is 0 Å². The predicted molar refractivity (Wildman–Crippen MR) is 84.5 cm³/mol. The van der Waals surface area contributed by atoms with Gasteiger partial charge in [0.2, 0.25) is 0 Å². The third-order valence-electron chi connectivity index (χ3n) is 3.83. The van der Waals surface area contributed by atoms with Gasteiger partial charge in [-0.2, -0.15) is 0 Å². The lowest BCUT2D eigenvalue weighted by atomic mass is 9.84. The summed E-state index contributed by atoms with van der Waals surface area (Å²) in [6, 6.07) is 11.6. The molecule has 3 nitrogen and oxygen atoms in total. The molecular formula is C18H22O3. The van der Waals surface area contributed by atoms with Gasteiger partial charge < -0.3 is 10.2 Å². The van der Waals surface area contributed by atoms with Crippen LogP contribution >= 0.6 is 0 Å². The molecule has 0 saturated heterocycles. The molecule has 21 heavy (non-hydrogen) atoms. The lowest BCUT2D eigenvalue weighted by Crippen LogP contribution is -2.28. The van der Waals surface area contributed by atoms with E-state index in [1.807, 2.05) is 57.2 Å². The zero-order valence-corrected chi connectivity index (χ0v) is 12.8. The molecule has 0 saturated carbocycles. The monoisotopic (exact) mass is 286 g/mol. The number of carbonyl (C=O) groups is 1. The third kappa shape index (κ3) is 3.61. The van der Waals surface area contributed by atoms with Gasteiger partial charge in [-0.1, -0.05) is 57.2 Å². The normalized spacial score (nSPS) is 13.3. The maximum absolute atomic E-state index is 11.1. The van der Waals surface area contributed by atoms with Crippen molar-refractivity contribution in [2.24, 2.45) is 5.41 Å².